The lowest BCUT2D eigenvalue weighted by molar-refractivity contribution is -0.0606. The lowest BCUT2D eigenvalue weighted by atomic mass is 10.0. The normalized spacial score (nSPS) is 13.6. The molecule has 0 amide bonds. The fraction of sp³-hybridized carbons (Fsp3) is 0.462. The number of unbranched alkanes of at least 4 members (excludes halogenated alkanes) is 1. The van der Waals surface area contributed by atoms with Gasteiger partial charge in [0.2, 0.25) is 0 Å². The number of hydrogen-bond acceptors (Lipinski definition) is 9. The summed E-state index contributed by atoms with van der Waals surface area (Å²) in [5.74, 6) is -0.723. The topological polar surface area (TPSA) is 121 Å². The van der Waals surface area contributed by atoms with Crippen LogP contribution in [-0.2, 0) is 35.2 Å². The molecule has 0 aliphatic carbocycles. The van der Waals surface area contributed by atoms with Gasteiger partial charge in [-0.3, -0.25) is 8.57 Å². The summed E-state index contributed by atoms with van der Waals surface area (Å²) < 4.78 is 141. The van der Waals surface area contributed by atoms with Gasteiger partial charge in [0.15, 0.2) is 11.4 Å². The van der Waals surface area contributed by atoms with Crippen molar-refractivity contribution in [1.29, 1.82) is 0 Å². The van der Waals surface area contributed by atoms with Crippen LogP contribution in [0.25, 0.3) is 0 Å². The Morgan fingerprint density at radius 1 is 0.674 bits per heavy atom. The fourth-order valence-electron chi connectivity index (χ4n) is 3.46. The van der Waals surface area contributed by atoms with E-state index in [1.807, 2.05) is 0 Å². The van der Waals surface area contributed by atoms with Crippen molar-refractivity contribution in [2.45, 2.75) is 58.3 Å². The Balaban J connectivity index is 1.93. The van der Waals surface area contributed by atoms with Crippen molar-refractivity contribution in [3.63, 3.8) is 0 Å². The largest absolute Gasteiger partial charge is 0.494 e. The number of nitrogens with zero attached hydrogens (tertiary/aromatic N) is 2. The second-order valence-corrected chi connectivity index (χ2v) is 12.4. The van der Waals surface area contributed by atoms with E-state index in [1.54, 1.807) is 0 Å². The van der Waals surface area contributed by atoms with Crippen molar-refractivity contribution in [2.24, 2.45) is 10.3 Å². The lowest BCUT2D eigenvalue weighted by Gasteiger charge is -2.12. The molecule has 0 N–H and O–H groups in total. The molecule has 0 radical (unpaired) electrons. The highest BCUT2D eigenvalue weighted by Crippen LogP contribution is 2.26. The molecule has 2 aromatic rings. The zero-order valence-electron chi connectivity index (χ0n) is 23.1. The first-order valence-corrected chi connectivity index (χ1v) is 16.1. The summed E-state index contributed by atoms with van der Waals surface area (Å²) in [4.78, 5) is 0. The van der Waals surface area contributed by atoms with E-state index in [0.29, 0.717) is 24.8 Å². The van der Waals surface area contributed by atoms with Crippen molar-refractivity contribution in [1.82, 2.24) is 0 Å². The van der Waals surface area contributed by atoms with Crippen molar-refractivity contribution in [2.75, 3.05) is 18.1 Å². The van der Waals surface area contributed by atoms with Crippen molar-refractivity contribution in [3.05, 3.63) is 65.2 Å². The average Bonchev–Trinajstić information content (AvgIpc) is 2.88. The highest BCUT2D eigenvalue weighted by atomic mass is 32.2. The number of aryl methyl sites for hydroxylation is 1. The Hall–Kier alpha value is -3.34. The summed E-state index contributed by atoms with van der Waals surface area (Å²) in [6, 6.07) is 9.81. The van der Waals surface area contributed by atoms with E-state index in [1.165, 1.54) is 38.1 Å². The SMILES string of the molecule is CCCS(=O)(=O)O/N=C(/c1ccc(CCCCOc2ccc(/C(=N/OS(=O)(=O)CCC)C(F)(F)F)cc2)cc1)C(F)(F)F. The first kappa shape index (κ1) is 35.9. The molecule has 0 heterocycles. The number of halogens is 6. The Morgan fingerprint density at radius 2 is 1.09 bits per heavy atom. The maximum absolute atomic E-state index is 13.4. The third-order valence-electron chi connectivity index (χ3n) is 5.41. The van der Waals surface area contributed by atoms with Gasteiger partial charge in [-0.15, -0.1) is 0 Å². The first-order valence-electron chi connectivity index (χ1n) is 12.9. The second kappa shape index (κ2) is 15.4. The van der Waals surface area contributed by atoms with E-state index < -0.39 is 61.1 Å². The van der Waals surface area contributed by atoms with Crippen LogP contribution in [0.3, 0.4) is 0 Å². The predicted molar refractivity (Wildman–Crippen MR) is 147 cm³/mol. The third-order valence-corrected chi connectivity index (χ3v) is 7.83. The Morgan fingerprint density at radius 3 is 1.49 bits per heavy atom. The molecule has 0 fully saturated rings. The maximum atomic E-state index is 13.4. The zero-order chi connectivity index (χ0) is 32.3. The van der Waals surface area contributed by atoms with Gasteiger partial charge in [-0.1, -0.05) is 48.4 Å². The van der Waals surface area contributed by atoms with Crippen molar-refractivity contribution in [3.8, 4) is 5.75 Å². The van der Waals surface area contributed by atoms with Crippen LogP contribution in [-0.4, -0.2) is 58.7 Å². The molecule has 240 valence electrons. The molecule has 43 heavy (non-hydrogen) atoms. The van der Waals surface area contributed by atoms with Crippen LogP contribution in [0.2, 0.25) is 0 Å². The van der Waals surface area contributed by atoms with Crippen LogP contribution >= 0.6 is 0 Å². The molecule has 0 saturated heterocycles. The van der Waals surface area contributed by atoms with E-state index in [0.717, 1.165) is 24.3 Å². The van der Waals surface area contributed by atoms with Gasteiger partial charge in [0.25, 0.3) is 0 Å². The molecular formula is C26H30F6N2O7S2. The van der Waals surface area contributed by atoms with E-state index >= 15 is 0 Å². The van der Waals surface area contributed by atoms with E-state index in [4.69, 9.17) is 4.74 Å². The molecule has 0 aliphatic rings. The smallest absolute Gasteiger partial charge is 0.437 e. The van der Waals surface area contributed by atoms with Crippen LogP contribution in [0.15, 0.2) is 58.8 Å². The summed E-state index contributed by atoms with van der Waals surface area (Å²) in [7, 11) is -8.49. The van der Waals surface area contributed by atoms with E-state index in [-0.39, 0.29) is 30.8 Å². The maximum Gasteiger partial charge on any atom is 0.437 e. The second-order valence-electron chi connectivity index (χ2n) is 9.07. The van der Waals surface area contributed by atoms with Gasteiger partial charge in [0, 0.05) is 11.1 Å². The fourth-order valence-corrected chi connectivity index (χ4v) is 4.98. The Bertz CT molecular complexity index is 1340. The third kappa shape index (κ3) is 12.4. The van der Waals surface area contributed by atoms with Gasteiger partial charge in [-0.25, -0.2) is 0 Å². The summed E-state index contributed by atoms with van der Waals surface area (Å²) in [6.07, 6.45) is -8.12. The first-order chi connectivity index (χ1) is 20.0. The molecule has 0 atom stereocenters. The lowest BCUT2D eigenvalue weighted by Crippen LogP contribution is -2.25. The number of rotatable bonds is 16. The number of hydrogen-bond donors (Lipinski definition) is 0. The molecule has 2 aromatic carbocycles. The summed E-state index contributed by atoms with van der Waals surface area (Å²) >= 11 is 0. The predicted octanol–water partition coefficient (Wildman–Crippen LogP) is 6.13. The molecule has 9 nitrogen and oxygen atoms in total. The molecule has 0 aliphatic heterocycles. The molecule has 0 bridgehead atoms. The van der Waals surface area contributed by atoms with Crippen molar-refractivity contribution < 1.29 is 56.5 Å². The zero-order valence-corrected chi connectivity index (χ0v) is 24.7. The van der Waals surface area contributed by atoms with Crippen LogP contribution in [0, 0.1) is 0 Å². The number of alkyl halides is 6. The summed E-state index contributed by atoms with van der Waals surface area (Å²) in [5, 5.41) is 5.67. The van der Waals surface area contributed by atoms with Gasteiger partial charge >= 0.3 is 32.6 Å². The van der Waals surface area contributed by atoms with Gasteiger partial charge in [0.05, 0.1) is 18.1 Å². The van der Waals surface area contributed by atoms with E-state index in [9.17, 15) is 43.2 Å². The van der Waals surface area contributed by atoms with Crippen LogP contribution in [0.5, 0.6) is 5.75 Å². The quantitative estimate of drug-likeness (QED) is 0.0919. The van der Waals surface area contributed by atoms with Crippen LogP contribution < -0.4 is 4.74 Å². The van der Waals surface area contributed by atoms with Crippen molar-refractivity contribution >= 4 is 31.7 Å². The average molecular weight is 661 g/mol. The van der Waals surface area contributed by atoms with Gasteiger partial charge < -0.3 is 4.74 Å². The minimum absolute atomic E-state index is 0.139. The summed E-state index contributed by atoms with van der Waals surface area (Å²) in [6.45, 7) is 3.22. The molecule has 17 heteroatoms. The molecule has 0 spiro atoms. The number of benzene rings is 2. The van der Waals surface area contributed by atoms with Gasteiger partial charge in [0.1, 0.15) is 5.75 Å². The van der Waals surface area contributed by atoms with Gasteiger partial charge in [-0.05, 0) is 61.9 Å². The number of ether oxygens (including phenoxy) is 1. The monoisotopic (exact) mass is 660 g/mol. The van der Waals surface area contributed by atoms with E-state index in [2.05, 4.69) is 18.9 Å². The molecule has 2 rings (SSSR count). The molecule has 0 aromatic heterocycles. The summed E-state index contributed by atoms with van der Waals surface area (Å²) in [5.41, 5.74) is -3.12. The van der Waals surface area contributed by atoms with Crippen LogP contribution in [0.1, 0.15) is 56.2 Å². The Labute approximate surface area is 245 Å². The minimum atomic E-state index is -4.98. The molecular weight excluding hydrogens is 630 g/mol. The van der Waals surface area contributed by atoms with Crippen LogP contribution in [0.4, 0.5) is 26.3 Å². The highest BCUT2D eigenvalue weighted by Gasteiger charge is 2.39. The highest BCUT2D eigenvalue weighted by molar-refractivity contribution is 7.86. The minimum Gasteiger partial charge on any atom is -0.494 e. The number of oxime groups is 2. The molecule has 0 unspecified atom stereocenters. The van der Waals surface area contributed by atoms with Gasteiger partial charge in [-0.2, -0.15) is 43.2 Å². The molecule has 0 saturated carbocycles. The Kier molecular flexibility index (Phi) is 12.8. The standard InChI is InChI=1S/C26H30F6N2O7S2/c1-3-17-42(35,36)40-33-23(25(27,28)29)20-10-8-19(9-11-20)7-5-6-16-39-22-14-12-21(13-15-22)24(26(30,31)32)34-41-43(37,38)18-4-2/h8-15H,3-7,16-18H2,1-2H3/b33-23-,34-24-.